The minimum absolute atomic E-state index is 0.233. The molecule has 0 spiro atoms. The predicted octanol–water partition coefficient (Wildman–Crippen LogP) is 1.92. The molecule has 6 nitrogen and oxygen atoms in total. The number of nitrogens with zero attached hydrogens (tertiary/aromatic N) is 1. The van der Waals surface area contributed by atoms with E-state index in [1.165, 1.54) is 0 Å². The second kappa shape index (κ2) is 4.63. The molecule has 0 bridgehead atoms. The predicted molar refractivity (Wildman–Crippen MR) is 73.3 cm³/mol. The smallest absolute Gasteiger partial charge is 0.307 e. The Morgan fingerprint density at radius 1 is 1.35 bits per heavy atom. The highest BCUT2D eigenvalue weighted by atomic mass is 16.4. The second-order valence-corrected chi connectivity index (χ2v) is 5.21. The number of fused-ring (bicyclic) bond motifs is 1. The molecule has 1 aromatic heterocycles. The van der Waals surface area contributed by atoms with Crippen LogP contribution in [0.4, 0.5) is 5.69 Å². The molecule has 0 aliphatic heterocycles. The van der Waals surface area contributed by atoms with Crippen LogP contribution in [0.3, 0.4) is 0 Å². The van der Waals surface area contributed by atoms with Gasteiger partial charge in [0.25, 0.3) is 0 Å². The highest BCUT2D eigenvalue weighted by Crippen LogP contribution is 2.36. The zero-order valence-corrected chi connectivity index (χ0v) is 11.0. The Labute approximate surface area is 115 Å². The first-order chi connectivity index (χ1) is 9.58. The van der Waals surface area contributed by atoms with Crippen molar-refractivity contribution < 1.29 is 14.7 Å². The van der Waals surface area contributed by atoms with Crippen LogP contribution in [0.2, 0.25) is 0 Å². The molecule has 1 saturated carbocycles. The Morgan fingerprint density at radius 3 is 2.75 bits per heavy atom. The van der Waals surface area contributed by atoms with Gasteiger partial charge in [-0.25, -0.2) is 0 Å². The van der Waals surface area contributed by atoms with Gasteiger partial charge in [0.05, 0.1) is 29.2 Å². The number of carboxylic acid groups (broad SMARTS) is 1. The molecule has 1 aromatic carbocycles. The molecule has 104 valence electrons. The summed E-state index contributed by atoms with van der Waals surface area (Å²) in [6.45, 7) is 1.97. The van der Waals surface area contributed by atoms with Gasteiger partial charge in [0, 0.05) is 5.39 Å². The molecule has 6 heteroatoms. The first-order valence-electron chi connectivity index (χ1n) is 6.54. The Balaban J connectivity index is 1.83. The van der Waals surface area contributed by atoms with Crippen molar-refractivity contribution >= 4 is 28.5 Å². The molecule has 1 fully saturated rings. The largest absolute Gasteiger partial charge is 0.481 e. The van der Waals surface area contributed by atoms with Crippen molar-refractivity contribution in [1.29, 1.82) is 0 Å². The summed E-state index contributed by atoms with van der Waals surface area (Å²) in [5, 5.41) is 19.6. The van der Waals surface area contributed by atoms with Crippen LogP contribution in [0.15, 0.2) is 18.3 Å². The average Bonchev–Trinajstić information content (AvgIpc) is 2.80. The molecule has 1 amide bonds. The minimum Gasteiger partial charge on any atom is -0.481 e. The number of aliphatic carboxylic acids is 1. The van der Waals surface area contributed by atoms with Crippen LogP contribution in [0.1, 0.15) is 18.4 Å². The molecule has 20 heavy (non-hydrogen) atoms. The first-order valence-corrected chi connectivity index (χ1v) is 6.54. The van der Waals surface area contributed by atoms with Gasteiger partial charge in [0.1, 0.15) is 0 Å². The summed E-state index contributed by atoms with van der Waals surface area (Å²) in [6, 6.07) is 3.71. The number of H-pyrrole nitrogens is 1. The van der Waals surface area contributed by atoms with Gasteiger partial charge >= 0.3 is 5.97 Å². The minimum atomic E-state index is -0.896. The Morgan fingerprint density at radius 2 is 2.10 bits per heavy atom. The number of aromatic amines is 1. The van der Waals surface area contributed by atoms with Crippen molar-refractivity contribution in [2.24, 2.45) is 11.8 Å². The van der Waals surface area contributed by atoms with Gasteiger partial charge in [-0.2, -0.15) is 5.10 Å². The van der Waals surface area contributed by atoms with Crippen molar-refractivity contribution in [3.05, 3.63) is 23.9 Å². The van der Waals surface area contributed by atoms with E-state index in [4.69, 9.17) is 5.11 Å². The fraction of sp³-hybridized carbons (Fsp3) is 0.357. The lowest BCUT2D eigenvalue weighted by atomic mass is 9.73. The van der Waals surface area contributed by atoms with Gasteiger partial charge in [-0.1, -0.05) is 6.07 Å². The molecule has 3 rings (SSSR count). The number of aryl methyl sites for hydroxylation is 1. The van der Waals surface area contributed by atoms with Crippen LogP contribution < -0.4 is 5.32 Å². The van der Waals surface area contributed by atoms with Crippen molar-refractivity contribution in [2.75, 3.05) is 5.32 Å². The average molecular weight is 273 g/mol. The fourth-order valence-corrected chi connectivity index (χ4v) is 2.61. The lowest BCUT2D eigenvalue weighted by Gasteiger charge is -2.31. The van der Waals surface area contributed by atoms with Gasteiger partial charge < -0.3 is 10.4 Å². The lowest BCUT2D eigenvalue weighted by Crippen LogP contribution is -2.41. The van der Waals surface area contributed by atoms with Crippen LogP contribution in [-0.2, 0) is 9.59 Å². The molecule has 3 N–H and O–H groups in total. The third kappa shape index (κ3) is 1.93. The molecular weight excluding hydrogens is 258 g/mol. The van der Waals surface area contributed by atoms with E-state index < -0.39 is 17.8 Å². The third-order valence-corrected chi connectivity index (χ3v) is 4.02. The van der Waals surface area contributed by atoms with Gasteiger partial charge in [-0.15, -0.1) is 0 Å². The third-order valence-electron chi connectivity index (χ3n) is 4.02. The number of anilines is 1. The van der Waals surface area contributed by atoms with Crippen LogP contribution in [0.25, 0.3) is 10.9 Å². The molecular formula is C14H15N3O3. The van der Waals surface area contributed by atoms with Gasteiger partial charge in [-0.3, -0.25) is 14.7 Å². The van der Waals surface area contributed by atoms with E-state index in [0.717, 1.165) is 16.5 Å². The number of aromatic nitrogens is 2. The quantitative estimate of drug-likeness (QED) is 0.796. The van der Waals surface area contributed by atoms with E-state index in [0.29, 0.717) is 18.5 Å². The van der Waals surface area contributed by atoms with Crippen molar-refractivity contribution in [3.8, 4) is 0 Å². The van der Waals surface area contributed by atoms with E-state index in [-0.39, 0.29) is 5.91 Å². The highest BCUT2D eigenvalue weighted by Gasteiger charge is 2.41. The summed E-state index contributed by atoms with van der Waals surface area (Å²) in [5.41, 5.74) is 2.48. The Hall–Kier alpha value is -2.37. The molecule has 2 aromatic rings. The first kappa shape index (κ1) is 12.7. The molecule has 2 atom stereocenters. The van der Waals surface area contributed by atoms with Crippen LogP contribution >= 0.6 is 0 Å². The summed E-state index contributed by atoms with van der Waals surface area (Å²) in [6.07, 6.45) is 2.91. The van der Waals surface area contributed by atoms with E-state index in [9.17, 15) is 9.59 Å². The van der Waals surface area contributed by atoms with Crippen LogP contribution in [0, 0.1) is 18.8 Å². The summed E-state index contributed by atoms with van der Waals surface area (Å²) >= 11 is 0. The fourth-order valence-electron chi connectivity index (χ4n) is 2.61. The highest BCUT2D eigenvalue weighted by molar-refractivity contribution is 6.03. The number of hydrogen-bond donors (Lipinski definition) is 3. The number of benzene rings is 1. The maximum Gasteiger partial charge on any atom is 0.307 e. The SMILES string of the molecule is Cc1ccc(NC(=O)C2CCC2C(=O)O)c2[nH]ncc12. The second-order valence-electron chi connectivity index (χ2n) is 5.21. The number of carboxylic acids is 1. The molecule has 1 heterocycles. The maximum absolute atomic E-state index is 12.2. The summed E-state index contributed by atoms with van der Waals surface area (Å²) in [4.78, 5) is 23.1. The number of hydrogen-bond acceptors (Lipinski definition) is 3. The summed E-state index contributed by atoms with van der Waals surface area (Å²) < 4.78 is 0. The summed E-state index contributed by atoms with van der Waals surface area (Å²) in [7, 11) is 0. The standard InChI is InChI=1S/C14H15N3O3/c1-7-2-5-11(12-10(7)6-15-17-12)16-13(18)8-3-4-9(8)14(19)20/h2,5-6,8-9H,3-4H2,1H3,(H,15,17)(H,16,18)(H,19,20). The maximum atomic E-state index is 12.2. The van der Waals surface area contributed by atoms with Crippen LogP contribution in [-0.4, -0.2) is 27.2 Å². The zero-order chi connectivity index (χ0) is 14.3. The monoisotopic (exact) mass is 273 g/mol. The van der Waals surface area contributed by atoms with Crippen LogP contribution in [0.5, 0.6) is 0 Å². The molecule has 1 aliphatic carbocycles. The topological polar surface area (TPSA) is 95.1 Å². The van der Waals surface area contributed by atoms with E-state index in [1.807, 2.05) is 19.1 Å². The van der Waals surface area contributed by atoms with Crippen molar-refractivity contribution in [3.63, 3.8) is 0 Å². The van der Waals surface area contributed by atoms with E-state index >= 15 is 0 Å². The summed E-state index contributed by atoms with van der Waals surface area (Å²) in [5.74, 6) is -2.13. The van der Waals surface area contributed by atoms with Gasteiger partial charge in [0.2, 0.25) is 5.91 Å². The Bertz CT molecular complexity index is 692. The number of amides is 1. The van der Waals surface area contributed by atoms with Gasteiger partial charge in [0.15, 0.2) is 0 Å². The molecule has 0 radical (unpaired) electrons. The normalized spacial score (nSPS) is 21.4. The molecule has 2 unspecified atom stereocenters. The van der Waals surface area contributed by atoms with E-state index in [2.05, 4.69) is 15.5 Å². The van der Waals surface area contributed by atoms with E-state index in [1.54, 1.807) is 6.20 Å². The number of nitrogens with one attached hydrogen (secondary N) is 2. The van der Waals surface area contributed by atoms with Crippen molar-refractivity contribution in [2.45, 2.75) is 19.8 Å². The molecule has 0 saturated heterocycles. The van der Waals surface area contributed by atoms with Gasteiger partial charge in [-0.05, 0) is 31.4 Å². The zero-order valence-electron chi connectivity index (χ0n) is 11.0. The number of rotatable bonds is 3. The van der Waals surface area contributed by atoms with Crippen molar-refractivity contribution in [1.82, 2.24) is 10.2 Å². The lowest BCUT2D eigenvalue weighted by molar-refractivity contribution is -0.151. The number of carbonyl (C=O) groups excluding carboxylic acids is 1. The Kier molecular flexibility index (Phi) is 2.93. The molecule has 1 aliphatic rings. The number of carbonyl (C=O) groups is 2.